The van der Waals surface area contributed by atoms with Crippen LogP contribution in [-0.2, 0) is 6.42 Å². The molecule has 0 unspecified atom stereocenters. The molecule has 10 heteroatoms. The molecule has 4 heterocycles. The molecule has 0 spiro atoms. The van der Waals surface area contributed by atoms with Gasteiger partial charge < -0.3 is 9.84 Å². The second kappa shape index (κ2) is 8.30. The standard InChI is InChI=1S/C24H22F2N6O2/c25-18-2-4-21(20(26)10-18)32-24(27-14-28-32)31-13-16-5-8-34-22-9-15(1-3-19(22)23(16)29-31)17-11-30(12-17)6-7-33/h1-4,9-10,13-14,17,33H,5-8,11-12H2. The van der Waals surface area contributed by atoms with Crippen molar-refractivity contribution in [2.75, 3.05) is 32.8 Å². The molecule has 2 aromatic carbocycles. The summed E-state index contributed by atoms with van der Waals surface area (Å²) >= 11 is 0. The van der Waals surface area contributed by atoms with Gasteiger partial charge >= 0.3 is 0 Å². The minimum Gasteiger partial charge on any atom is -0.493 e. The Morgan fingerprint density at radius 1 is 1.12 bits per heavy atom. The van der Waals surface area contributed by atoms with E-state index in [1.165, 1.54) is 28.7 Å². The van der Waals surface area contributed by atoms with Gasteiger partial charge in [-0.1, -0.05) is 6.07 Å². The van der Waals surface area contributed by atoms with Gasteiger partial charge in [-0.15, -0.1) is 0 Å². The van der Waals surface area contributed by atoms with Crippen LogP contribution in [0.15, 0.2) is 48.9 Å². The molecule has 0 radical (unpaired) electrons. The van der Waals surface area contributed by atoms with Gasteiger partial charge in [-0.2, -0.15) is 19.9 Å². The van der Waals surface area contributed by atoms with Crippen molar-refractivity contribution in [1.82, 2.24) is 29.4 Å². The van der Waals surface area contributed by atoms with Crippen LogP contribution in [0.2, 0.25) is 0 Å². The van der Waals surface area contributed by atoms with Gasteiger partial charge in [-0.05, 0) is 29.8 Å². The molecular formula is C24H22F2N6O2. The molecule has 8 nitrogen and oxygen atoms in total. The number of β-amino-alcohol motifs (C(OH)–C–C–N with tert-alkyl or cyclic N) is 1. The van der Waals surface area contributed by atoms with E-state index < -0.39 is 11.6 Å². The minimum atomic E-state index is -0.736. The first-order valence-electron chi connectivity index (χ1n) is 11.2. The summed E-state index contributed by atoms with van der Waals surface area (Å²) in [7, 11) is 0. The fourth-order valence-corrected chi connectivity index (χ4v) is 4.62. The highest BCUT2D eigenvalue weighted by molar-refractivity contribution is 5.71. The zero-order valence-corrected chi connectivity index (χ0v) is 18.2. The first kappa shape index (κ1) is 20.9. The first-order chi connectivity index (χ1) is 16.6. The third-order valence-corrected chi connectivity index (χ3v) is 6.40. The molecule has 4 aromatic rings. The van der Waals surface area contributed by atoms with E-state index in [1.54, 1.807) is 4.68 Å². The summed E-state index contributed by atoms with van der Waals surface area (Å²) in [6.45, 7) is 3.23. The predicted molar refractivity (Wildman–Crippen MR) is 119 cm³/mol. The number of aliphatic hydroxyl groups excluding tert-OH is 1. The molecule has 0 amide bonds. The third-order valence-electron chi connectivity index (χ3n) is 6.40. The van der Waals surface area contributed by atoms with Crippen molar-refractivity contribution < 1.29 is 18.6 Å². The SMILES string of the molecule is OCCN1CC(c2ccc3c(c2)OCCc2cn(-c4ncnn4-c4ccc(F)cc4F)nc2-3)C1. The van der Waals surface area contributed by atoms with Crippen molar-refractivity contribution >= 4 is 0 Å². The zero-order valence-electron chi connectivity index (χ0n) is 18.2. The molecule has 1 N–H and O–H groups in total. The van der Waals surface area contributed by atoms with Crippen LogP contribution in [-0.4, -0.2) is 67.4 Å². The number of ether oxygens (including phenoxy) is 1. The van der Waals surface area contributed by atoms with E-state index in [2.05, 4.69) is 27.1 Å². The summed E-state index contributed by atoms with van der Waals surface area (Å²) in [4.78, 5) is 6.48. The lowest BCUT2D eigenvalue weighted by molar-refractivity contribution is 0.115. The Labute approximate surface area is 194 Å². The lowest BCUT2D eigenvalue weighted by atomic mass is 9.90. The summed E-state index contributed by atoms with van der Waals surface area (Å²) in [6.07, 6.45) is 3.82. The highest BCUT2D eigenvalue weighted by Gasteiger charge is 2.29. The summed E-state index contributed by atoms with van der Waals surface area (Å²) in [5.41, 5.74) is 3.95. The Morgan fingerprint density at radius 3 is 2.82 bits per heavy atom. The highest BCUT2D eigenvalue weighted by Crippen LogP contribution is 2.38. The van der Waals surface area contributed by atoms with Crippen molar-refractivity contribution in [2.45, 2.75) is 12.3 Å². The number of aliphatic hydroxyl groups is 1. The number of halogens is 2. The summed E-state index contributed by atoms with van der Waals surface area (Å²) in [6, 6.07) is 9.54. The molecule has 2 aliphatic heterocycles. The van der Waals surface area contributed by atoms with Crippen LogP contribution in [0.5, 0.6) is 5.75 Å². The molecule has 0 aliphatic carbocycles. The van der Waals surface area contributed by atoms with E-state index in [0.29, 0.717) is 31.4 Å². The lowest BCUT2D eigenvalue weighted by Crippen LogP contribution is -2.46. The minimum absolute atomic E-state index is 0.0868. The first-order valence-corrected chi connectivity index (χ1v) is 11.2. The average Bonchev–Trinajstić information content (AvgIpc) is 3.40. The van der Waals surface area contributed by atoms with Gasteiger partial charge in [0.05, 0.1) is 18.9 Å². The average molecular weight is 464 g/mol. The fraction of sp³-hybridized carbons (Fsp3) is 0.292. The van der Waals surface area contributed by atoms with Gasteiger partial charge in [-0.3, -0.25) is 4.90 Å². The van der Waals surface area contributed by atoms with Crippen LogP contribution < -0.4 is 4.74 Å². The van der Waals surface area contributed by atoms with Gasteiger partial charge in [0.15, 0.2) is 5.82 Å². The Balaban J connectivity index is 1.34. The number of rotatable bonds is 5. The molecule has 2 aromatic heterocycles. The summed E-state index contributed by atoms with van der Waals surface area (Å²) in [5.74, 6) is 0.113. The van der Waals surface area contributed by atoms with E-state index >= 15 is 0 Å². The van der Waals surface area contributed by atoms with Crippen molar-refractivity contribution in [3.8, 4) is 28.6 Å². The lowest BCUT2D eigenvalue weighted by Gasteiger charge is -2.39. The summed E-state index contributed by atoms with van der Waals surface area (Å²) in [5, 5.41) is 18.0. The van der Waals surface area contributed by atoms with Crippen LogP contribution in [0.3, 0.4) is 0 Å². The molecule has 0 saturated carbocycles. The maximum absolute atomic E-state index is 14.4. The second-order valence-corrected chi connectivity index (χ2v) is 8.55. The Hall–Kier alpha value is -3.63. The van der Waals surface area contributed by atoms with Gasteiger partial charge in [0.2, 0.25) is 0 Å². The highest BCUT2D eigenvalue weighted by atomic mass is 19.1. The number of hydrogen-bond donors (Lipinski definition) is 1. The smallest absolute Gasteiger partial charge is 0.253 e. The van der Waals surface area contributed by atoms with Gasteiger partial charge in [0.25, 0.3) is 5.95 Å². The second-order valence-electron chi connectivity index (χ2n) is 8.55. The molecule has 1 fully saturated rings. The van der Waals surface area contributed by atoms with E-state index in [1.807, 2.05) is 12.3 Å². The number of hydrogen-bond acceptors (Lipinski definition) is 6. The van der Waals surface area contributed by atoms with Gasteiger partial charge in [0.1, 0.15) is 23.6 Å². The Morgan fingerprint density at radius 2 is 2.00 bits per heavy atom. The number of fused-ring (bicyclic) bond motifs is 3. The Bertz CT molecular complexity index is 1360. The van der Waals surface area contributed by atoms with Crippen LogP contribution in [0, 0.1) is 11.6 Å². The van der Waals surface area contributed by atoms with Crippen molar-refractivity contribution in [3.05, 3.63) is 71.7 Å². The van der Waals surface area contributed by atoms with Crippen LogP contribution in [0.1, 0.15) is 17.0 Å². The van der Waals surface area contributed by atoms with E-state index in [0.717, 1.165) is 41.7 Å². The third kappa shape index (κ3) is 3.55. The monoisotopic (exact) mass is 464 g/mol. The predicted octanol–water partition coefficient (Wildman–Crippen LogP) is 2.72. The zero-order chi connectivity index (χ0) is 23.2. The Kier molecular flexibility index (Phi) is 5.11. The maximum atomic E-state index is 14.4. The van der Waals surface area contributed by atoms with Gasteiger partial charge in [-0.25, -0.2) is 13.5 Å². The summed E-state index contributed by atoms with van der Waals surface area (Å²) < 4.78 is 36.7. The largest absolute Gasteiger partial charge is 0.493 e. The quantitative estimate of drug-likeness (QED) is 0.489. The van der Waals surface area contributed by atoms with Crippen LogP contribution in [0.25, 0.3) is 22.9 Å². The molecule has 0 atom stereocenters. The molecule has 34 heavy (non-hydrogen) atoms. The van der Waals surface area contributed by atoms with Crippen molar-refractivity contribution in [3.63, 3.8) is 0 Å². The molecule has 174 valence electrons. The van der Waals surface area contributed by atoms with Gasteiger partial charge in [0, 0.05) is 55.4 Å². The number of likely N-dealkylation sites (tertiary alicyclic amines) is 1. The number of aromatic nitrogens is 5. The van der Waals surface area contributed by atoms with Crippen LogP contribution >= 0.6 is 0 Å². The van der Waals surface area contributed by atoms with E-state index in [9.17, 15) is 8.78 Å². The topological polar surface area (TPSA) is 81.2 Å². The number of nitrogens with zero attached hydrogens (tertiary/aromatic N) is 6. The van der Waals surface area contributed by atoms with Crippen molar-refractivity contribution in [1.29, 1.82) is 0 Å². The van der Waals surface area contributed by atoms with Crippen LogP contribution in [0.4, 0.5) is 8.78 Å². The normalized spacial score (nSPS) is 15.9. The molecular weight excluding hydrogens is 442 g/mol. The maximum Gasteiger partial charge on any atom is 0.253 e. The molecule has 1 saturated heterocycles. The molecule has 2 aliphatic rings. The molecule has 6 rings (SSSR count). The molecule has 0 bridgehead atoms. The van der Waals surface area contributed by atoms with Crippen molar-refractivity contribution in [2.24, 2.45) is 0 Å². The number of benzene rings is 2. The fourth-order valence-electron chi connectivity index (χ4n) is 4.62. The van der Waals surface area contributed by atoms with E-state index in [-0.39, 0.29) is 12.3 Å². The van der Waals surface area contributed by atoms with E-state index in [4.69, 9.17) is 14.9 Å².